The number of ketones is 1. The Bertz CT molecular complexity index is 461. The Balaban J connectivity index is 3.43. The fourth-order valence-corrected chi connectivity index (χ4v) is 0.839. The summed E-state index contributed by atoms with van der Waals surface area (Å²) in [4.78, 5) is 14.3. The largest absolute Gasteiger partial charge is 0.293 e. The van der Waals surface area contributed by atoms with Crippen LogP contribution in [0.1, 0.15) is 24.2 Å². The van der Waals surface area contributed by atoms with Crippen LogP contribution >= 0.6 is 15.9 Å². The Hall–Kier alpha value is -0.770. The first-order valence-corrected chi connectivity index (χ1v) is 3.32. The summed E-state index contributed by atoms with van der Waals surface area (Å²) in [5.74, 6) is -2.72. The van der Waals surface area contributed by atoms with Crippen LogP contribution in [0, 0.1) is 5.95 Å². The molecule has 0 spiro atoms. The van der Waals surface area contributed by atoms with Crippen LogP contribution in [0.25, 0.3) is 0 Å². The average molecular weight is 223 g/mol. The van der Waals surface area contributed by atoms with Crippen molar-refractivity contribution < 1.29 is 16.0 Å². The maximum absolute atomic E-state index is 13.0. The van der Waals surface area contributed by atoms with Crippen molar-refractivity contribution in [2.45, 2.75) is 6.85 Å². The number of carbonyl (C=O) groups is 1. The van der Waals surface area contributed by atoms with Gasteiger partial charge in [0.1, 0.15) is 5.69 Å². The van der Waals surface area contributed by atoms with Crippen molar-refractivity contribution in [1.82, 2.24) is 4.98 Å². The molecule has 0 aliphatic rings. The highest BCUT2D eigenvalue weighted by atomic mass is 79.9. The van der Waals surface area contributed by atoms with Gasteiger partial charge in [-0.25, -0.2) is 4.98 Å². The Morgan fingerprint density at radius 2 is 2.64 bits per heavy atom. The van der Waals surface area contributed by atoms with E-state index < -0.39 is 36.4 Å². The third kappa shape index (κ3) is 2.08. The molecule has 1 rings (SSSR count). The molecule has 0 unspecified atom stereocenters. The number of hydrogen-bond acceptors (Lipinski definition) is 2. The molecule has 1 heterocycles. The number of halogens is 2. The quantitative estimate of drug-likeness (QED) is 0.539. The first kappa shape index (κ1) is 3.76. The fourth-order valence-electron chi connectivity index (χ4n) is 0.487. The van der Waals surface area contributed by atoms with Crippen molar-refractivity contribution in [3.8, 4) is 0 Å². The van der Waals surface area contributed by atoms with E-state index in [2.05, 4.69) is 20.9 Å². The van der Waals surface area contributed by atoms with Crippen LogP contribution in [0.5, 0.6) is 0 Å². The third-order valence-corrected chi connectivity index (χ3v) is 1.26. The molecule has 0 N–H and O–H groups in total. The summed E-state index contributed by atoms with van der Waals surface area (Å²) in [5, 5.41) is 0. The smallest absolute Gasteiger partial charge is 0.214 e. The minimum Gasteiger partial charge on any atom is -0.293 e. The van der Waals surface area contributed by atoms with Crippen LogP contribution in [0.3, 0.4) is 0 Å². The van der Waals surface area contributed by atoms with E-state index in [-0.39, 0.29) is 4.47 Å². The number of rotatable bonds is 1. The summed E-state index contributed by atoms with van der Waals surface area (Å²) < 4.78 is 47.7. The highest BCUT2D eigenvalue weighted by Crippen LogP contribution is 2.11. The van der Waals surface area contributed by atoms with E-state index in [1.54, 1.807) is 0 Å². The van der Waals surface area contributed by atoms with Crippen LogP contribution in [0.2, 0.25) is 0 Å². The van der Waals surface area contributed by atoms with E-state index >= 15 is 0 Å². The molecule has 0 fully saturated rings. The lowest BCUT2D eigenvalue weighted by atomic mass is 10.3. The molecule has 0 aliphatic heterocycles. The Morgan fingerprint density at radius 3 is 3.27 bits per heavy atom. The molecule has 0 atom stereocenters. The van der Waals surface area contributed by atoms with Crippen molar-refractivity contribution in [1.29, 1.82) is 0 Å². The summed E-state index contributed by atoms with van der Waals surface area (Å²) in [6.07, 6.45) is 0. The highest BCUT2D eigenvalue weighted by Gasteiger charge is 2.03. The van der Waals surface area contributed by atoms with Gasteiger partial charge in [0.2, 0.25) is 5.95 Å². The lowest BCUT2D eigenvalue weighted by molar-refractivity contribution is 0.101. The molecule has 0 saturated carbocycles. The van der Waals surface area contributed by atoms with Gasteiger partial charge in [-0.05, 0) is 6.04 Å². The molecule has 0 bridgehead atoms. The topological polar surface area (TPSA) is 30.0 Å². The standard InChI is InChI=1S/C7H5BrFNO/c1-4(11)6-2-5(8)3-7(9)10-6/h2-3H,1H3/i1D3,2D,3D. The molecule has 11 heavy (non-hydrogen) atoms. The van der Waals surface area contributed by atoms with Gasteiger partial charge in [-0.1, -0.05) is 15.9 Å². The van der Waals surface area contributed by atoms with Gasteiger partial charge in [0.05, 0.1) is 2.74 Å². The molecule has 0 saturated heterocycles. The van der Waals surface area contributed by atoms with E-state index in [9.17, 15) is 9.18 Å². The van der Waals surface area contributed by atoms with E-state index in [1.165, 1.54) is 0 Å². The second-order valence-electron chi connectivity index (χ2n) is 1.64. The zero-order valence-corrected chi connectivity index (χ0v) is 6.70. The normalized spacial score (nSPS) is 17.5. The van der Waals surface area contributed by atoms with Crippen molar-refractivity contribution in [2.75, 3.05) is 0 Å². The number of pyridine rings is 1. The molecule has 2 nitrogen and oxygen atoms in total. The lowest BCUT2D eigenvalue weighted by Crippen LogP contribution is -1.98. The Morgan fingerprint density at radius 1 is 1.91 bits per heavy atom. The maximum atomic E-state index is 13.0. The predicted octanol–water partition coefficient (Wildman–Crippen LogP) is 2.19. The van der Waals surface area contributed by atoms with E-state index in [0.717, 1.165) is 0 Å². The van der Waals surface area contributed by atoms with Gasteiger partial charge in [0.25, 0.3) is 0 Å². The summed E-state index contributed by atoms with van der Waals surface area (Å²) in [5.41, 5.74) is -0.805. The van der Waals surface area contributed by atoms with Gasteiger partial charge in [-0.2, -0.15) is 4.39 Å². The molecular weight excluding hydrogens is 213 g/mol. The molecule has 1 aromatic heterocycles. The van der Waals surface area contributed by atoms with Gasteiger partial charge < -0.3 is 0 Å². The van der Waals surface area contributed by atoms with Crippen molar-refractivity contribution in [3.05, 3.63) is 28.2 Å². The van der Waals surface area contributed by atoms with Gasteiger partial charge >= 0.3 is 0 Å². The second kappa shape index (κ2) is 3.09. The van der Waals surface area contributed by atoms with Crippen molar-refractivity contribution >= 4 is 21.7 Å². The van der Waals surface area contributed by atoms with Crippen LogP contribution < -0.4 is 0 Å². The molecular formula is C7H5BrFNO. The summed E-state index contributed by atoms with van der Waals surface area (Å²) in [6.45, 7) is -2.99. The molecule has 0 aliphatic carbocycles. The zero-order valence-electron chi connectivity index (χ0n) is 10.1. The number of nitrogens with zero attached hydrogens (tertiary/aromatic N) is 1. The summed E-state index contributed by atoms with van der Waals surface area (Å²) >= 11 is 2.72. The first-order chi connectivity index (χ1) is 7.16. The molecule has 0 amide bonds. The highest BCUT2D eigenvalue weighted by molar-refractivity contribution is 9.10. The molecule has 1 aromatic rings. The minimum atomic E-state index is -2.99. The van der Waals surface area contributed by atoms with Crippen LogP contribution in [0.4, 0.5) is 4.39 Å². The average Bonchev–Trinajstić information content (AvgIpc) is 2.18. The monoisotopic (exact) mass is 222 g/mol. The third-order valence-electron chi connectivity index (χ3n) is 0.866. The number of Topliss-reactive ketones (excluding diaryl/α,β-unsaturated/α-hetero) is 1. The number of aromatic nitrogens is 1. The lowest BCUT2D eigenvalue weighted by Gasteiger charge is -1.95. The Labute approximate surface area is 78.6 Å². The van der Waals surface area contributed by atoms with Crippen molar-refractivity contribution in [3.63, 3.8) is 0 Å². The van der Waals surface area contributed by atoms with Gasteiger partial charge in [0.15, 0.2) is 5.78 Å². The number of carbonyl (C=O) groups excluding carboxylic acids is 1. The predicted molar refractivity (Wildman–Crippen MR) is 41.9 cm³/mol. The minimum absolute atomic E-state index is 0.299. The summed E-state index contributed by atoms with van der Waals surface area (Å²) in [7, 11) is 0. The first-order valence-electron chi connectivity index (χ1n) is 5.03. The maximum Gasteiger partial charge on any atom is 0.214 e. The van der Waals surface area contributed by atoms with Gasteiger partial charge in [-0.3, -0.25) is 4.79 Å². The molecule has 58 valence electrons. The van der Waals surface area contributed by atoms with E-state index in [0.29, 0.717) is 0 Å². The molecule has 4 heteroatoms. The van der Waals surface area contributed by atoms with Gasteiger partial charge in [0, 0.05) is 21.5 Å². The summed E-state index contributed by atoms with van der Waals surface area (Å²) in [6, 6.07) is -1.29. The van der Waals surface area contributed by atoms with E-state index in [4.69, 9.17) is 6.85 Å². The number of hydrogen-bond donors (Lipinski definition) is 0. The van der Waals surface area contributed by atoms with Crippen LogP contribution in [0.15, 0.2) is 16.6 Å². The van der Waals surface area contributed by atoms with E-state index in [1.807, 2.05) is 0 Å². The SMILES string of the molecule is [2H]c1c(F)nc(C(=O)C([2H])([2H])[2H])c([2H])c1Br. The molecule has 0 aromatic carbocycles. The van der Waals surface area contributed by atoms with Crippen LogP contribution in [-0.2, 0) is 0 Å². The van der Waals surface area contributed by atoms with Gasteiger partial charge in [-0.15, -0.1) is 0 Å². The Kier molecular flexibility index (Phi) is 1.05. The fraction of sp³-hybridized carbons (Fsp3) is 0.143. The molecule has 0 radical (unpaired) electrons. The van der Waals surface area contributed by atoms with Crippen LogP contribution in [-0.4, -0.2) is 10.8 Å². The second-order valence-corrected chi connectivity index (χ2v) is 2.44. The zero-order chi connectivity index (χ0) is 12.7. The van der Waals surface area contributed by atoms with Crippen molar-refractivity contribution in [2.24, 2.45) is 0 Å².